The fourth-order valence-electron chi connectivity index (χ4n) is 8.07. The van der Waals surface area contributed by atoms with Crippen LogP contribution in [0.4, 0.5) is 22.7 Å². The fraction of sp³-hybridized carbons (Fsp3) is 0.0909. The van der Waals surface area contributed by atoms with Gasteiger partial charge in [-0.25, -0.2) is 0 Å². The number of hydrogen-bond donors (Lipinski definition) is 0. The van der Waals surface area contributed by atoms with Crippen LogP contribution in [0, 0.1) is 22.7 Å². The zero-order chi connectivity index (χ0) is 32.2. The van der Waals surface area contributed by atoms with E-state index in [-0.39, 0.29) is 18.0 Å². The topological polar surface area (TPSA) is 54.1 Å². The Labute approximate surface area is 280 Å². The third-order valence-electron chi connectivity index (χ3n) is 10.1. The van der Waals surface area contributed by atoms with Crippen molar-refractivity contribution < 1.29 is 0 Å². The number of nitriles is 2. The molecule has 4 heteroatoms. The van der Waals surface area contributed by atoms with Crippen LogP contribution in [0.1, 0.15) is 34.6 Å². The van der Waals surface area contributed by atoms with E-state index in [0.717, 1.165) is 34.4 Å². The molecule has 3 unspecified atom stereocenters. The van der Waals surface area contributed by atoms with Gasteiger partial charge in [-0.3, -0.25) is 0 Å². The maximum atomic E-state index is 9.99. The Morgan fingerprint density at radius 2 is 1.44 bits per heavy atom. The first-order valence-electron chi connectivity index (χ1n) is 16.4. The summed E-state index contributed by atoms with van der Waals surface area (Å²) in [5.74, 6) is 0.278. The molecule has 0 N–H and O–H groups in total. The van der Waals surface area contributed by atoms with Crippen LogP contribution in [0.3, 0.4) is 0 Å². The van der Waals surface area contributed by atoms with Gasteiger partial charge in [-0.2, -0.15) is 10.5 Å². The summed E-state index contributed by atoms with van der Waals surface area (Å²) >= 11 is 0. The molecule has 0 saturated heterocycles. The van der Waals surface area contributed by atoms with Crippen molar-refractivity contribution in [2.24, 2.45) is 0 Å². The summed E-state index contributed by atoms with van der Waals surface area (Å²) in [6.45, 7) is 0. The third kappa shape index (κ3) is 4.20. The lowest BCUT2D eigenvalue weighted by Crippen LogP contribution is -2.29. The maximum Gasteiger partial charge on any atom is 0.0998 e. The second-order valence-corrected chi connectivity index (χ2v) is 12.6. The number of benzene rings is 5. The minimum Gasteiger partial charge on any atom is -0.333 e. The first kappa shape index (κ1) is 27.9. The van der Waals surface area contributed by atoms with Crippen LogP contribution in [-0.4, -0.2) is 12.1 Å². The van der Waals surface area contributed by atoms with E-state index < -0.39 is 0 Å². The molecule has 48 heavy (non-hydrogen) atoms. The highest BCUT2D eigenvalue weighted by molar-refractivity contribution is 6.04. The Balaban J connectivity index is 1.28. The molecule has 9 rings (SSSR count). The van der Waals surface area contributed by atoms with Crippen molar-refractivity contribution in [2.45, 2.75) is 24.4 Å². The average molecular weight is 615 g/mol. The van der Waals surface area contributed by atoms with Gasteiger partial charge in [0.25, 0.3) is 0 Å². The number of fused-ring (bicyclic) bond motifs is 7. The first-order chi connectivity index (χ1) is 23.7. The number of nitrogens with zero attached hydrogens (tertiary/aromatic N) is 4. The number of rotatable bonds is 4. The van der Waals surface area contributed by atoms with Gasteiger partial charge >= 0.3 is 0 Å². The predicted octanol–water partition coefficient (Wildman–Crippen LogP) is 10.4. The highest BCUT2D eigenvalue weighted by Gasteiger charge is 2.45. The van der Waals surface area contributed by atoms with Crippen LogP contribution in [0.15, 0.2) is 152 Å². The summed E-state index contributed by atoms with van der Waals surface area (Å²) in [5.41, 5.74) is 13.8. The number of allylic oxidation sites excluding steroid dienone is 4. The first-order valence-corrected chi connectivity index (χ1v) is 16.4. The molecule has 2 heterocycles. The molecule has 226 valence electrons. The molecule has 4 nitrogen and oxygen atoms in total. The molecule has 3 atom stereocenters. The summed E-state index contributed by atoms with van der Waals surface area (Å²) in [6, 6.07) is 42.6. The Bertz CT molecular complexity index is 2310. The SMILES string of the molecule is N#Cc1ccc(C#N)c(-c2ccc(N3c4ccc5c(c4C4=CC=CCC43)N(c3ccccc3)C3C=CC=CC53)c(-c3ccccc3)c2)c1. The summed E-state index contributed by atoms with van der Waals surface area (Å²) in [4.78, 5) is 5.08. The molecule has 0 spiro atoms. The van der Waals surface area contributed by atoms with Crippen LogP contribution >= 0.6 is 0 Å². The number of anilines is 4. The quantitative estimate of drug-likeness (QED) is 0.202. The minimum absolute atomic E-state index is 0.132. The largest absolute Gasteiger partial charge is 0.333 e. The average Bonchev–Trinajstić information content (AvgIpc) is 3.68. The van der Waals surface area contributed by atoms with E-state index in [1.54, 1.807) is 12.1 Å². The highest BCUT2D eigenvalue weighted by Crippen LogP contribution is 2.59. The molecular weight excluding hydrogens is 585 g/mol. The van der Waals surface area contributed by atoms with E-state index in [0.29, 0.717) is 11.1 Å². The van der Waals surface area contributed by atoms with Gasteiger partial charge in [0.2, 0.25) is 0 Å². The fourth-order valence-corrected chi connectivity index (χ4v) is 8.07. The summed E-state index contributed by atoms with van der Waals surface area (Å²) in [5, 5.41) is 19.6. The van der Waals surface area contributed by atoms with E-state index >= 15 is 0 Å². The van der Waals surface area contributed by atoms with Crippen molar-refractivity contribution >= 4 is 28.3 Å². The lowest BCUT2D eigenvalue weighted by Gasteiger charge is -2.31. The summed E-state index contributed by atoms with van der Waals surface area (Å²) in [7, 11) is 0. The van der Waals surface area contributed by atoms with Gasteiger partial charge in [-0.15, -0.1) is 0 Å². The monoisotopic (exact) mass is 614 g/mol. The van der Waals surface area contributed by atoms with Gasteiger partial charge in [-0.1, -0.05) is 103 Å². The van der Waals surface area contributed by atoms with Crippen LogP contribution in [0.5, 0.6) is 0 Å². The van der Waals surface area contributed by atoms with Crippen molar-refractivity contribution in [1.29, 1.82) is 10.5 Å². The smallest absolute Gasteiger partial charge is 0.0998 e. The lowest BCUT2D eigenvalue weighted by atomic mass is 9.89. The maximum absolute atomic E-state index is 9.99. The van der Waals surface area contributed by atoms with E-state index in [1.807, 2.05) is 12.1 Å². The van der Waals surface area contributed by atoms with Crippen LogP contribution in [0.2, 0.25) is 0 Å². The van der Waals surface area contributed by atoms with Crippen molar-refractivity contribution in [3.05, 3.63) is 174 Å². The van der Waals surface area contributed by atoms with E-state index in [9.17, 15) is 10.5 Å². The van der Waals surface area contributed by atoms with Gasteiger partial charge in [0, 0.05) is 34.0 Å². The van der Waals surface area contributed by atoms with E-state index in [4.69, 9.17) is 0 Å². The predicted molar refractivity (Wildman–Crippen MR) is 194 cm³/mol. The molecule has 0 amide bonds. The van der Waals surface area contributed by atoms with E-state index in [1.165, 1.54) is 33.8 Å². The summed E-state index contributed by atoms with van der Waals surface area (Å²) in [6.07, 6.45) is 16.7. The highest BCUT2D eigenvalue weighted by atomic mass is 15.2. The molecular formula is C44H30N4. The van der Waals surface area contributed by atoms with Crippen molar-refractivity contribution in [3.8, 4) is 34.4 Å². The van der Waals surface area contributed by atoms with Crippen LogP contribution in [0.25, 0.3) is 27.8 Å². The van der Waals surface area contributed by atoms with Crippen molar-refractivity contribution in [2.75, 3.05) is 9.80 Å². The Morgan fingerprint density at radius 3 is 2.25 bits per heavy atom. The standard InChI is InChI=1S/C44H30N4/c45-27-29-19-20-32(28-46)37(25-29)31-21-23-41(38(26-31)30-11-3-1-4-12-30)48-40-18-10-8-16-36(40)43-42(48)24-22-35-34-15-7-9-17-39(34)47(44(35)43)33-13-5-2-6-14-33/h1-17,19-26,34,39-40H,18H2. The molecule has 0 bridgehead atoms. The molecule has 0 fully saturated rings. The zero-order valence-electron chi connectivity index (χ0n) is 26.2. The van der Waals surface area contributed by atoms with Gasteiger partial charge < -0.3 is 9.80 Å². The number of para-hydroxylation sites is 1. The molecule has 2 aliphatic heterocycles. The molecule has 5 aromatic carbocycles. The van der Waals surface area contributed by atoms with Gasteiger partial charge in [0.15, 0.2) is 0 Å². The van der Waals surface area contributed by atoms with Crippen molar-refractivity contribution in [1.82, 2.24) is 0 Å². The van der Waals surface area contributed by atoms with Gasteiger partial charge in [0.05, 0.1) is 46.7 Å². The Morgan fingerprint density at radius 1 is 0.646 bits per heavy atom. The van der Waals surface area contributed by atoms with Crippen LogP contribution < -0.4 is 9.80 Å². The lowest BCUT2D eigenvalue weighted by molar-refractivity contribution is 0.744. The zero-order valence-corrected chi connectivity index (χ0v) is 26.2. The van der Waals surface area contributed by atoms with Crippen molar-refractivity contribution in [3.63, 3.8) is 0 Å². The Hall–Kier alpha value is -6.36. The molecule has 5 aromatic rings. The van der Waals surface area contributed by atoms with E-state index in [2.05, 4.69) is 149 Å². The summed E-state index contributed by atoms with van der Waals surface area (Å²) < 4.78 is 0. The second-order valence-electron chi connectivity index (χ2n) is 12.6. The van der Waals surface area contributed by atoms with Crippen LogP contribution in [-0.2, 0) is 0 Å². The Kier molecular flexibility index (Phi) is 6.49. The molecule has 2 aliphatic carbocycles. The molecule has 0 saturated carbocycles. The third-order valence-corrected chi connectivity index (χ3v) is 10.1. The normalized spacial score (nSPS) is 19.5. The molecule has 0 radical (unpaired) electrons. The second kappa shape index (κ2) is 11.2. The molecule has 0 aromatic heterocycles. The molecule has 4 aliphatic rings. The van der Waals surface area contributed by atoms with Gasteiger partial charge in [-0.05, 0) is 77.2 Å². The van der Waals surface area contributed by atoms with Gasteiger partial charge in [0.1, 0.15) is 0 Å². The minimum atomic E-state index is 0.132. The number of hydrogen-bond acceptors (Lipinski definition) is 4.